The highest BCUT2D eigenvalue weighted by Gasteiger charge is 2.38. The Balaban J connectivity index is 0.000000324. The standard InChI is InChI=1S/C7H10O2.C7H8O2.CH4/c2*1-2-7(9)5-3-4-6(7)8;/h1,6,8-9H,3-5H2;1,9H,3-5H2;1H4. The smallest absolute Gasteiger partial charge is 0.183 e. The summed E-state index contributed by atoms with van der Waals surface area (Å²) in [6, 6.07) is 0. The first-order valence-electron chi connectivity index (χ1n) is 5.99. The van der Waals surface area contributed by atoms with E-state index in [1.807, 2.05) is 0 Å². The number of terminal acetylenes is 2. The fourth-order valence-electron chi connectivity index (χ4n) is 2.14. The fraction of sp³-hybridized carbons (Fsp3) is 0.667. The maximum atomic E-state index is 10.7. The van der Waals surface area contributed by atoms with Gasteiger partial charge in [-0.05, 0) is 32.1 Å². The zero-order valence-electron chi connectivity index (χ0n) is 10.2. The second-order valence-electron chi connectivity index (χ2n) is 4.76. The molecule has 2 rings (SSSR count). The van der Waals surface area contributed by atoms with Gasteiger partial charge in [0.1, 0.15) is 0 Å². The van der Waals surface area contributed by atoms with Gasteiger partial charge in [0, 0.05) is 6.42 Å². The minimum Gasteiger partial charge on any atom is -0.389 e. The molecule has 3 atom stereocenters. The molecule has 0 aromatic heterocycles. The summed E-state index contributed by atoms with van der Waals surface area (Å²) in [5.41, 5.74) is -2.64. The molecule has 0 aromatic carbocycles. The molecule has 2 saturated carbocycles. The molecule has 0 aliphatic heterocycles. The van der Waals surface area contributed by atoms with Crippen molar-refractivity contribution in [3.05, 3.63) is 0 Å². The fourth-order valence-corrected chi connectivity index (χ4v) is 2.14. The lowest BCUT2D eigenvalue weighted by Crippen LogP contribution is -2.35. The zero-order valence-corrected chi connectivity index (χ0v) is 10.2. The zero-order chi connectivity index (χ0) is 13.8. The van der Waals surface area contributed by atoms with Gasteiger partial charge in [0.25, 0.3) is 0 Å². The highest BCUT2D eigenvalue weighted by atomic mass is 16.3. The summed E-state index contributed by atoms with van der Waals surface area (Å²) in [6.07, 6.45) is 12.8. The number of ketones is 1. The van der Waals surface area contributed by atoms with Gasteiger partial charge in [0.2, 0.25) is 0 Å². The maximum absolute atomic E-state index is 10.7. The maximum Gasteiger partial charge on any atom is 0.183 e. The molecule has 2 aliphatic rings. The average molecular weight is 266 g/mol. The first-order chi connectivity index (χ1) is 8.38. The van der Waals surface area contributed by atoms with Crippen LogP contribution in [0.1, 0.15) is 46.0 Å². The molecular weight excluding hydrogens is 244 g/mol. The van der Waals surface area contributed by atoms with Crippen molar-refractivity contribution < 1.29 is 20.1 Å². The minimum absolute atomic E-state index is 0. The van der Waals surface area contributed by atoms with E-state index in [2.05, 4.69) is 11.8 Å². The minimum atomic E-state index is -1.42. The van der Waals surface area contributed by atoms with E-state index < -0.39 is 17.3 Å². The summed E-state index contributed by atoms with van der Waals surface area (Å²) in [5.74, 6) is 4.09. The van der Waals surface area contributed by atoms with E-state index in [-0.39, 0.29) is 13.2 Å². The first-order valence-corrected chi connectivity index (χ1v) is 5.99. The van der Waals surface area contributed by atoms with Gasteiger partial charge in [-0.2, -0.15) is 0 Å². The van der Waals surface area contributed by atoms with Gasteiger partial charge >= 0.3 is 0 Å². The third-order valence-electron chi connectivity index (χ3n) is 3.48. The van der Waals surface area contributed by atoms with Crippen LogP contribution in [0.15, 0.2) is 0 Å². The van der Waals surface area contributed by atoms with Crippen LogP contribution in [-0.2, 0) is 4.79 Å². The van der Waals surface area contributed by atoms with E-state index in [4.69, 9.17) is 18.0 Å². The van der Waals surface area contributed by atoms with E-state index in [0.717, 1.165) is 12.8 Å². The molecular formula is C15H22O4. The van der Waals surface area contributed by atoms with Crippen molar-refractivity contribution in [1.82, 2.24) is 0 Å². The third kappa shape index (κ3) is 3.81. The Bertz CT molecular complexity index is 403. The molecule has 4 nitrogen and oxygen atoms in total. The number of hydrogen-bond acceptors (Lipinski definition) is 4. The van der Waals surface area contributed by atoms with Crippen LogP contribution in [0.25, 0.3) is 0 Å². The van der Waals surface area contributed by atoms with Crippen LogP contribution in [0.3, 0.4) is 0 Å². The third-order valence-corrected chi connectivity index (χ3v) is 3.48. The van der Waals surface area contributed by atoms with E-state index in [1.54, 1.807) is 0 Å². The summed E-state index contributed by atoms with van der Waals surface area (Å²) < 4.78 is 0. The van der Waals surface area contributed by atoms with Crippen molar-refractivity contribution in [3.8, 4) is 24.7 Å². The lowest BCUT2D eigenvalue weighted by Gasteiger charge is -2.18. The SMILES string of the molecule is C.C#CC1(O)CCCC1=O.C#CC1(O)CCCC1O. The molecule has 0 spiro atoms. The number of hydrogen-bond donors (Lipinski definition) is 3. The quantitative estimate of drug-likeness (QED) is 0.562. The average Bonchev–Trinajstić information content (AvgIpc) is 2.87. The highest BCUT2D eigenvalue weighted by Crippen LogP contribution is 2.28. The monoisotopic (exact) mass is 266 g/mol. The summed E-state index contributed by atoms with van der Waals surface area (Å²) >= 11 is 0. The van der Waals surface area contributed by atoms with Gasteiger partial charge in [-0.3, -0.25) is 4.79 Å². The molecule has 2 fully saturated rings. The van der Waals surface area contributed by atoms with E-state index >= 15 is 0 Å². The second kappa shape index (κ2) is 6.73. The van der Waals surface area contributed by atoms with Crippen molar-refractivity contribution in [2.24, 2.45) is 0 Å². The van der Waals surface area contributed by atoms with Crippen LogP contribution < -0.4 is 0 Å². The number of Topliss-reactive ketones (excluding diaryl/α,β-unsaturated/α-hetero) is 1. The van der Waals surface area contributed by atoms with Crippen LogP contribution in [0.2, 0.25) is 0 Å². The van der Waals surface area contributed by atoms with Crippen molar-refractivity contribution in [3.63, 3.8) is 0 Å². The van der Waals surface area contributed by atoms with E-state index in [9.17, 15) is 15.0 Å². The second-order valence-corrected chi connectivity index (χ2v) is 4.76. The number of carbonyl (C=O) groups is 1. The molecule has 2 aliphatic carbocycles. The topological polar surface area (TPSA) is 77.8 Å². The molecule has 0 aromatic rings. The number of aliphatic hydroxyl groups is 3. The van der Waals surface area contributed by atoms with Gasteiger partial charge in [-0.25, -0.2) is 0 Å². The Morgan fingerprint density at radius 1 is 1.16 bits per heavy atom. The molecule has 0 radical (unpaired) electrons. The van der Waals surface area contributed by atoms with Crippen LogP contribution >= 0.6 is 0 Å². The summed E-state index contributed by atoms with van der Waals surface area (Å²) in [5, 5.41) is 27.5. The molecule has 4 heteroatoms. The first kappa shape index (κ1) is 17.7. The van der Waals surface area contributed by atoms with Gasteiger partial charge in [-0.1, -0.05) is 19.3 Å². The molecule has 0 amide bonds. The Morgan fingerprint density at radius 2 is 1.79 bits per heavy atom. The van der Waals surface area contributed by atoms with Gasteiger partial charge in [0.05, 0.1) is 6.10 Å². The largest absolute Gasteiger partial charge is 0.389 e. The number of aliphatic hydroxyl groups excluding tert-OH is 1. The number of carbonyl (C=O) groups excluding carboxylic acids is 1. The molecule has 3 N–H and O–H groups in total. The Morgan fingerprint density at radius 3 is 2.00 bits per heavy atom. The summed E-state index contributed by atoms with van der Waals surface area (Å²) in [4.78, 5) is 10.7. The lowest BCUT2D eigenvalue weighted by atomic mass is 10.0. The predicted octanol–water partition coefficient (Wildman–Crippen LogP) is 0.635. The van der Waals surface area contributed by atoms with Crippen molar-refractivity contribution in [2.75, 3.05) is 0 Å². The van der Waals surface area contributed by atoms with Gasteiger partial charge in [-0.15, -0.1) is 12.8 Å². The highest BCUT2D eigenvalue weighted by molar-refractivity contribution is 5.92. The molecule has 3 unspecified atom stereocenters. The Labute approximate surface area is 114 Å². The van der Waals surface area contributed by atoms with Crippen LogP contribution in [0.4, 0.5) is 0 Å². The lowest BCUT2D eigenvalue weighted by molar-refractivity contribution is -0.128. The van der Waals surface area contributed by atoms with E-state index in [0.29, 0.717) is 25.7 Å². The van der Waals surface area contributed by atoms with Crippen LogP contribution in [0.5, 0.6) is 0 Å². The molecule has 106 valence electrons. The summed E-state index contributed by atoms with van der Waals surface area (Å²) in [6.45, 7) is 0. The summed E-state index contributed by atoms with van der Waals surface area (Å²) in [7, 11) is 0. The van der Waals surface area contributed by atoms with Crippen molar-refractivity contribution in [1.29, 1.82) is 0 Å². The Kier molecular flexibility index (Phi) is 6.25. The van der Waals surface area contributed by atoms with Crippen molar-refractivity contribution in [2.45, 2.75) is 63.3 Å². The molecule has 0 saturated heterocycles. The van der Waals surface area contributed by atoms with Crippen LogP contribution in [-0.4, -0.2) is 38.4 Å². The molecule has 0 bridgehead atoms. The van der Waals surface area contributed by atoms with Gasteiger partial charge in [0.15, 0.2) is 17.0 Å². The normalized spacial score (nSPS) is 36.5. The van der Waals surface area contributed by atoms with Crippen LogP contribution in [0, 0.1) is 24.7 Å². The molecule has 0 heterocycles. The van der Waals surface area contributed by atoms with Crippen molar-refractivity contribution >= 4 is 5.78 Å². The molecule has 19 heavy (non-hydrogen) atoms. The van der Waals surface area contributed by atoms with Gasteiger partial charge < -0.3 is 15.3 Å². The number of rotatable bonds is 0. The predicted molar refractivity (Wildman–Crippen MR) is 73.0 cm³/mol. The Hall–Kier alpha value is -1.33. The van der Waals surface area contributed by atoms with E-state index in [1.165, 1.54) is 0 Å².